The molecule has 0 atom stereocenters. The first-order valence-electron chi connectivity index (χ1n) is 8.38. The molecule has 0 radical (unpaired) electrons. The molecule has 0 saturated carbocycles. The minimum atomic E-state index is -0.499. The van der Waals surface area contributed by atoms with Crippen molar-refractivity contribution in [3.8, 4) is 11.5 Å². The molecule has 1 aliphatic heterocycles. The van der Waals surface area contributed by atoms with E-state index in [9.17, 15) is 9.59 Å². The van der Waals surface area contributed by atoms with Gasteiger partial charge in [0.05, 0.1) is 11.1 Å². The summed E-state index contributed by atoms with van der Waals surface area (Å²) in [5, 5.41) is 0. The number of hydrogen-bond acceptors (Lipinski definition) is 5. The van der Waals surface area contributed by atoms with Gasteiger partial charge in [-0.05, 0) is 42.3 Å². The Morgan fingerprint density at radius 1 is 1.07 bits per heavy atom. The zero-order chi connectivity index (χ0) is 18.8. The van der Waals surface area contributed by atoms with Crippen molar-refractivity contribution in [2.45, 2.75) is 6.92 Å². The number of aromatic nitrogens is 1. The van der Waals surface area contributed by atoms with E-state index in [0.29, 0.717) is 28.2 Å². The molecule has 0 amide bonds. The lowest BCUT2D eigenvalue weighted by atomic mass is 10.0. The van der Waals surface area contributed by atoms with Crippen molar-refractivity contribution in [2.24, 2.45) is 0 Å². The van der Waals surface area contributed by atoms with Crippen LogP contribution in [0.1, 0.15) is 31.8 Å². The summed E-state index contributed by atoms with van der Waals surface area (Å²) in [5.74, 6) is 0.276. The maximum atomic E-state index is 12.7. The maximum Gasteiger partial charge on any atom is 0.343 e. The van der Waals surface area contributed by atoms with Crippen molar-refractivity contribution >= 4 is 17.8 Å². The molecule has 5 heteroatoms. The number of esters is 1. The predicted octanol–water partition coefficient (Wildman–Crippen LogP) is 4.23. The van der Waals surface area contributed by atoms with Crippen LogP contribution in [-0.2, 0) is 0 Å². The minimum Gasteiger partial charge on any atom is -0.452 e. The van der Waals surface area contributed by atoms with Crippen LogP contribution in [0.15, 0.2) is 72.8 Å². The molecule has 3 aromatic rings. The van der Waals surface area contributed by atoms with Crippen LogP contribution in [0.3, 0.4) is 0 Å². The van der Waals surface area contributed by atoms with Gasteiger partial charge in [-0.1, -0.05) is 30.3 Å². The number of carbonyl (C=O) groups excluding carboxylic acids is 2. The summed E-state index contributed by atoms with van der Waals surface area (Å²) in [5.41, 5.74) is 2.44. The van der Waals surface area contributed by atoms with Gasteiger partial charge in [-0.3, -0.25) is 9.78 Å². The number of aryl methyl sites for hydroxylation is 1. The Bertz CT molecular complexity index is 1060. The SMILES string of the molecule is Cc1cc(OC(=O)c2ccncc2)cc2c1C(=O)/C(=C/c1ccccc1)O2. The summed E-state index contributed by atoms with van der Waals surface area (Å²) in [4.78, 5) is 28.8. The molecule has 1 aliphatic rings. The Labute approximate surface area is 155 Å². The number of nitrogens with zero attached hydrogens (tertiary/aromatic N) is 1. The van der Waals surface area contributed by atoms with E-state index in [0.717, 1.165) is 5.56 Å². The first-order valence-corrected chi connectivity index (χ1v) is 8.38. The van der Waals surface area contributed by atoms with Gasteiger partial charge in [0.2, 0.25) is 5.78 Å². The standard InChI is InChI=1S/C22H15NO4/c1-14-11-17(26-22(25)16-7-9-23-10-8-16)13-18-20(14)21(24)19(27-18)12-15-5-3-2-4-6-15/h2-13H,1H3/b19-12-. The first kappa shape index (κ1) is 16.7. The molecular weight excluding hydrogens is 342 g/mol. The largest absolute Gasteiger partial charge is 0.452 e. The molecule has 0 bridgehead atoms. The highest BCUT2D eigenvalue weighted by Crippen LogP contribution is 2.37. The Hall–Kier alpha value is -3.73. The van der Waals surface area contributed by atoms with Crippen LogP contribution in [-0.4, -0.2) is 16.7 Å². The van der Waals surface area contributed by atoms with Gasteiger partial charge in [-0.25, -0.2) is 4.79 Å². The van der Waals surface area contributed by atoms with Gasteiger partial charge in [0.15, 0.2) is 5.76 Å². The Kier molecular flexibility index (Phi) is 4.26. The highest BCUT2D eigenvalue weighted by atomic mass is 16.5. The highest BCUT2D eigenvalue weighted by Gasteiger charge is 2.30. The number of ether oxygens (including phenoxy) is 2. The Balaban J connectivity index is 1.62. The van der Waals surface area contributed by atoms with Crippen LogP contribution < -0.4 is 9.47 Å². The van der Waals surface area contributed by atoms with Gasteiger partial charge in [0.1, 0.15) is 11.5 Å². The van der Waals surface area contributed by atoms with Gasteiger partial charge < -0.3 is 9.47 Å². The molecule has 0 unspecified atom stereocenters. The predicted molar refractivity (Wildman–Crippen MR) is 99.8 cm³/mol. The normalized spacial score (nSPS) is 14.0. The summed E-state index contributed by atoms with van der Waals surface area (Å²) < 4.78 is 11.2. The van der Waals surface area contributed by atoms with Crippen LogP contribution >= 0.6 is 0 Å². The number of allylic oxidation sites excluding steroid dienone is 1. The van der Waals surface area contributed by atoms with Gasteiger partial charge >= 0.3 is 5.97 Å². The lowest BCUT2D eigenvalue weighted by Gasteiger charge is -2.07. The number of carbonyl (C=O) groups is 2. The molecule has 27 heavy (non-hydrogen) atoms. The fraction of sp³-hybridized carbons (Fsp3) is 0.0455. The molecule has 2 heterocycles. The molecule has 0 fully saturated rings. The highest BCUT2D eigenvalue weighted by molar-refractivity contribution is 6.15. The number of hydrogen-bond donors (Lipinski definition) is 0. The maximum absolute atomic E-state index is 12.7. The average molecular weight is 357 g/mol. The lowest BCUT2D eigenvalue weighted by molar-refractivity contribution is 0.0734. The van der Waals surface area contributed by atoms with Crippen LogP contribution in [0.2, 0.25) is 0 Å². The second-order valence-electron chi connectivity index (χ2n) is 6.09. The Morgan fingerprint density at radius 2 is 1.81 bits per heavy atom. The molecular formula is C22H15NO4. The van der Waals surface area contributed by atoms with Crippen molar-refractivity contribution in [3.63, 3.8) is 0 Å². The molecule has 5 nitrogen and oxygen atoms in total. The first-order chi connectivity index (χ1) is 13.1. The quantitative estimate of drug-likeness (QED) is 0.399. The third kappa shape index (κ3) is 3.35. The summed E-state index contributed by atoms with van der Waals surface area (Å²) in [6, 6.07) is 15.8. The number of rotatable bonds is 3. The second-order valence-corrected chi connectivity index (χ2v) is 6.09. The topological polar surface area (TPSA) is 65.5 Å². The summed E-state index contributed by atoms with van der Waals surface area (Å²) in [7, 11) is 0. The van der Waals surface area contributed by atoms with Crippen LogP contribution in [0.25, 0.3) is 6.08 Å². The average Bonchev–Trinajstić information content (AvgIpc) is 2.99. The van der Waals surface area contributed by atoms with Gasteiger partial charge in [0.25, 0.3) is 0 Å². The molecule has 0 aliphatic carbocycles. The molecule has 2 aromatic carbocycles. The summed E-state index contributed by atoms with van der Waals surface area (Å²) in [6.45, 7) is 1.79. The third-order valence-corrected chi connectivity index (χ3v) is 4.17. The summed E-state index contributed by atoms with van der Waals surface area (Å²) >= 11 is 0. The minimum absolute atomic E-state index is 0.182. The number of ketones is 1. The smallest absolute Gasteiger partial charge is 0.343 e. The van der Waals surface area contributed by atoms with Crippen LogP contribution in [0, 0.1) is 6.92 Å². The van der Waals surface area contributed by atoms with Crippen LogP contribution in [0.4, 0.5) is 0 Å². The van der Waals surface area contributed by atoms with E-state index in [-0.39, 0.29) is 11.5 Å². The number of benzene rings is 2. The van der Waals surface area contributed by atoms with E-state index in [1.807, 2.05) is 30.3 Å². The zero-order valence-corrected chi connectivity index (χ0v) is 14.5. The van der Waals surface area contributed by atoms with Gasteiger partial charge in [-0.15, -0.1) is 0 Å². The monoisotopic (exact) mass is 357 g/mol. The number of Topliss-reactive ketones (excluding diaryl/α,β-unsaturated/α-hetero) is 1. The molecule has 1 aromatic heterocycles. The molecule has 0 saturated heterocycles. The number of fused-ring (bicyclic) bond motifs is 1. The zero-order valence-electron chi connectivity index (χ0n) is 14.5. The fourth-order valence-electron chi connectivity index (χ4n) is 2.89. The number of pyridine rings is 1. The van der Waals surface area contributed by atoms with Crippen molar-refractivity contribution in [1.29, 1.82) is 0 Å². The molecule has 4 rings (SSSR count). The summed E-state index contributed by atoms with van der Waals surface area (Å²) in [6.07, 6.45) is 4.74. The van der Waals surface area contributed by atoms with E-state index in [2.05, 4.69) is 4.98 Å². The Morgan fingerprint density at radius 3 is 2.56 bits per heavy atom. The van der Waals surface area contributed by atoms with Crippen molar-refractivity contribution in [2.75, 3.05) is 0 Å². The molecule has 0 N–H and O–H groups in total. The van der Waals surface area contributed by atoms with E-state index >= 15 is 0 Å². The lowest BCUT2D eigenvalue weighted by Crippen LogP contribution is -2.08. The van der Waals surface area contributed by atoms with Gasteiger partial charge in [0, 0.05) is 18.5 Å². The van der Waals surface area contributed by atoms with E-state index in [1.165, 1.54) is 12.4 Å². The van der Waals surface area contributed by atoms with Gasteiger partial charge in [-0.2, -0.15) is 0 Å². The van der Waals surface area contributed by atoms with Crippen LogP contribution in [0.5, 0.6) is 11.5 Å². The van der Waals surface area contributed by atoms with Crippen molar-refractivity contribution in [3.05, 3.63) is 95.0 Å². The molecule has 0 spiro atoms. The van der Waals surface area contributed by atoms with E-state index < -0.39 is 5.97 Å². The fourth-order valence-corrected chi connectivity index (χ4v) is 2.89. The van der Waals surface area contributed by atoms with Crippen molar-refractivity contribution < 1.29 is 19.1 Å². The third-order valence-electron chi connectivity index (χ3n) is 4.17. The van der Waals surface area contributed by atoms with E-state index in [1.54, 1.807) is 37.3 Å². The van der Waals surface area contributed by atoms with Crippen molar-refractivity contribution in [1.82, 2.24) is 4.98 Å². The second kappa shape index (κ2) is 6.88. The van der Waals surface area contributed by atoms with E-state index in [4.69, 9.17) is 9.47 Å². The molecule has 132 valence electrons.